The van der Waals surface area contributed by atoms with Gasteiger partial charge in [0.2, 0.25) is 0 Å². The molecular weight excluding hydrogens is 232 g/mol. The number of methoxy groups -OCH3 is 1. The normalized spacial score (nSPS) is 18.4. The highest BCUT2D eigenvalue weighted by Gasteiger charge is 2.14. The van der Waals surface area contributed by atoms with Crippen molar-refractivity contribution in [2.24, 2.45) is 0 Å². The molecule has 0 bridgehead atoms. The van der Waals surface area contributed by atoms with Crippen molar-refractivity contribution in [1.82, 2.24) is 9.80 Å². The van der Waals surface area contributed by atoms with Crippen LogP contribution in [-0.2, 0) is 14.3 Å². The topological polar surface area (TPSA) is 42.0 Å². The lowest BCUT2D eigenvalue weighted by molar-refractivity contribution is -0.138. The minimum Gasteiger partial charge on any atom is -0.469 e. The van der Waals surface area contributed by atoms with E-state index in [2.05, 4.69) is 23.3 Å². The highest BCUT2D eigenvalue weighted by molar-refractivity contribution is 5.81. The molecule has 0 N–H and O–H groups in total. The zero-order chi connectivity index (χ0) is 13.4. The van der Waals surface area contributed by atoms with E-state index in [1.165, 1.54) is 7.11 Å². The lowest BCUT2D eigenvalue weighted by Crippen LogP contribution is -2.46. The van der Waals surface area contributed by atoms with E-state index in [-0.39, 0.29) is 5.95 Å². The molecule has 0 aliphatic carbocycles. The summed E-state index contributed by atoms with van der Waals surface area (Å²) in [5.41, 5.74) is 0. The predicted molar refractivity (Wildman–Crippen MR) is 69.9 cm³/mol. The Morgan fingerprint density at radius 2 is 1.89 bits per heavy atom. The van der Waals surface area contributed by atoms with Gasteiger partial charge in [0.25, 0.3) is 5.95 Å². The molecule has 0 radical (unpaired) electrons. The molecule has 0 spiro atoms. The molecule has 0 aromatic rings. The first-order valence-corrected chi connectivity index (χ1v) is 6.22. The highest BCUT2D eigenvalue weighted by atomic mass is 16.7. The number of carbonyl (C=O) groups excluding carboxylic acids is 1. The summed E-state index contributed by atoms with van der Waals surface area (Å²) in [6.45, 7) is 11.6. The Morgan fingerprint density at radius 3 is 2.39 bits per heavy atom. The Kier molecular flexibility index (Phi) is 6.46. The smallest absolute Gasteiger partial charge is 0.337 e. The standard InChI is InChI=1S/C13H22N2O3/c1-4-12(16)18-13(17-3)6-7-15-10-8-14(5-2)9-11-15/h4,6H,1,5,7-11H2,2-3H3. The fourth-order valence-corrected chi connectivity index (χ4v) is 1.80. The van der Waals surface area contributed by atoms with E-state index in [4.69, 9.17) is 9.47 Å². The molecule has 0 amide bonds. The van der Waals surface area contributed by atoms with E-state index in [9.17, 15) is 4.79 Å². The zero-order valence-electron chi connectivity index (χ0n) is 11.2. The van der Waals surface area contributed by atoms with Crippen LogP contribution >= 0.6 is 0 Å². The van der Waals surface area contributed by atoms with Crippen molar-refractivity contribution in [3.05, 3.63) is 24.7 Å². The van der Waals surface area contributed by atoms with Gasteiger partial charge in [0, 0.05) is 44.9 Å². The molecule has 102 valence electrons. The van der Waals surface area contributed by atoms with Crippen LogP contribution in [0.2, 0.25) is 0 Å². The van der Waals surface area contributed by atoms with Crippen molar-refractivity contribution >= 4 is 5.97 Å². The third-order valence-corrected chi connectivity index (χ3v) is 3.00. The second-order valence-electron chi connectivity index (χ2n) is 4.09. The number of esters is 1. The fourth-order valence-electron chi connectivity index (χ4n) is 1.80. The molecule has 0 atom stereocenters. The van der Waals surface area contributed by atoms with Gasteiger partial charge in [-0.1, -0.05) is 13.5 Å². The van der Waals surface area contributed by atoms with Gasteiger partial charge in [-0.25, -0.2) is 4.79 Å². The van der Waals surface area contributed by atoms with Crippen LogP contribution in [-0.4, -0.2) is 62.1 Å². The lowest BCUT2D eigenvalue weighted by Gasteiger charge is -2.33. The minimum absolute atomic E-state index is 0.234. The van der Waals surface area contributed by atoms with Crippen LogP contribution in [0.3, 0.4) is 0 Å². The first kappa shape index (κ1) is 14.7. The van der Waals surface area contributed by atoms with Gasteiger partial charge < -0.3 is 14.4 Å². The van der Waals surface area contributed by atoms with E-state index in [0.29, 0.717) is 0 Å². The molecule has 1 aliphatic rings. The highest BCUT2D eigenvalue weighted by Crippen LogP contribution is 2.04. The van der Waals surface area contributed by atoms with E-state index in [1.807, 2.05) is 0 Å². The van der Waals surface area contributed by atoms with Crippen LogP contribution in [0, 0.1) is 0 Å². The molecule has 5 heteroatoms. The van der Waals surface area contributed by atoms with E-state index < -0.39 is 5.97 Å². The second kappa shape index (κ2) is 7.89. The van der Waals surface area contributed by atoms with Crippen LogP contribution in [0.15, 0.2) is 24.7 Å². The Hall–Kier alpha value is -1.33. The average molecular weight is 254 g/mol. The SMILES string of the molecule is C=CC(=O)OC(=CCN1CCN(CC)CC1)OC. The summed E-state index contributed by atoms with van der Waals surface area (Å²) in [6.07, 6.45) is 2.90. The first-order valence-electron chi connectivity index (χ1n) is 6.22. The Morgan fingerprint density at radius 1 is 1.28 bits per heavy atom. The van der Waals surface area contributed by atoms with Gasteiger partial charge >= 0.3 is 5.97 Å². The van der Waals surface area contributed by atoms with Crippen LogP contribution in [0.1, 0.15) is 6.92 Å². The number of piperazine rings is 1. The van der Waals surface area contributed by atoms with E-state index >= 15 is 0 Å². The summed E-state index contributed by atoms with van der Waals surface area (Å²) in [5, 5.41) is 0. The van der Waals surface area contributed by atoms with Crippen LogP contribution in [0.4, 0.5) is 0 Å². The number of nitrogens with zero attached hydrogens (tertiary/aromatic N) is 2. The second-order valence-corrected chi connectivity index (χ2v) is 4.09. The van der Waals surface area contributed by atoms with Gasteiger partial charge in [-0.05, 0) is 6.54 Å². The van der Waals surface area contributed by atoms with Crippen molar-refractivity contribution in [2.75, 3.05) is 46.4 Å². The molecule has 0 aromatic heterocycles. The van der Waals surface area contributed by atoms with Gasteiger partial charge in [0.05, 0.1) is 7.11 Å². The molecule has 1 rings (SSSR count). The molecular formula is C13H22N2O3. The first-order chi connectivity index (χ1) is 8.69. The lowest BCUT2D eigenvalue weighted by atomic mass is 10.3. The number of ether oxygens (including phenoxy) is 2. The van der Waals surface area contributed by atoms with Gasteiger partial charge in [0.1, 0.15) is 0 Å². The molecule has 1 fully saturated rings. The zero-order valence-corrected chi connectivity index (χ0v) is 11.2. The number of rotatable bonds is 6. The maximum atomic E-state index is 11.0. The van der Waals surface area contributed by atoms with Gasteiger partial charge in [-0.15, -0.1) is 0 Å². The summed E-state index contributed by atoms with van der Waals surface area (Å²) in [4.78, 5) is 15.7. The van der Waals surface area contributed by atoms with Crippen molar-refractivity contribution in [3.63, 3.8) is 0 Å². The average Bonchev–Trinajstić information content (AvgIpc) is 2.43. The number of hydrogen-bond acceptors (Lipinski definition) is 5. The Labute approximate surface area is 109 Å². The van der Waals surface area contributed by atoms with Crippen LogP contribution in [0.25, 0.3) is 0 Å². The predicted octanol–water partition coefficient (Wildman–Crippen LogP) is 0.841. The monoisotopic (exact) mass is 254 g/mol. The maximum absolute atomic E-state index is 11.0. The molecule has 1 aliphatic heterocycles. The van der Waals surface area contributed by atoms with Crippen molar-refractivity contribution in [2.45, 2.75) is 6.92 Å². The fraction of sp³-hybridized carbons (Fsp3) is 0.615. The third kappa shape index (κ3) is 4.89. The minimum atomic E-state index is -0.501. The maximum Gasteiger partial charge on any atom is 0.337 e. The van der Waals surface area contributed by atoms with Crippen LogP contribution < -0.4 is 0 Å². The third-order valence-electron chi connectivity index (χ3n) is 3.00. The summed E-state index contributed by atoms with van der Waals surface area (Å²) in [5.74, 6) is -0.267. The van der Waals surface area contributed by atoms with Gasteiger partial charge in [-0.2, -0.15) is 0 Å². The molecule has 0 saturated carbocycles. The summed E-state index contributed by atoms with van der Waals surface area (Å²) in [6, 6.07) is 0. The van der Waals surface area contributed by atoms with E-state index in [1.54, 1.807) is 6.08 Å². The number of carbonyl (C=O) groups is 1. The molecule has 1 heterocycles. The van der Waals surface area contributed by atoms with Crippen LogP contribution in [0.5, 0.6) is 0 Å². The molecule has 0 aromatic carbocycles. The summed E-state index contributed by atoms with van der Waals surface area (Å²) in [7, 11) is 1.48. The van der Waals surface area contributed by atoms with Crippen molar-refractivity contribution in [3.8, 4) is 0 Å². The molecule has 0 unspecified atom stereocenters. The number of hydrogen-bond donors (Lipinski definition) is 0. The Balaban J connectivity index is 2.37. The van der Waals surface area contributed by atoms with Gasteiger partial charge in [0.15, 0.2) is 0 Å². The van der Waals surface area contributed by atoms with E-state index in [0.717, 1.165) is 45.3 Å². The van der Waals surface area contributed by atoms with Crippen molar-refractivity contribution in [1.29, 1.82) is 0 Å². The molecule has 18 heavy (non-hydrogen) atoms. The summed E-state index contributed by atoms with van der Waals surface area (Å²) >= 11 is 0. The molecule has 1 saturated heterocycles. The molecule has 5 nitrogen and oxygen atoms in total. The van der Waals surface area contributed by atoms with Gasteiger partial charge in [-0.3, -0.25) is 4.90 Å². The quantitative estimate of drug-likeness (QED) is 0.399. The summed E-state index contributed by atoms with van der Waals surface area (Å²) < 4.78 is 9.92. The number of likely N-dealkylation sites (N-methyl/N-ethyl adjacent to an activating group) is 1. The Bertz CT molecular complexity index is 307. The largest absolute Gasteiger partial charge is 0.469 e. The van der Waals surface area contributed by atoms with Crippen molar-refractivity contribution < 1.29 is 14.3 Å².